The van der Waals surface area contributed by atoms with Crippen molar-refractivity contribution in [1.82, 2.24) is 14.9 Å². The number of hydrogen-bond donors (Lipinski definition) is 2. The van der Waals surface area contributed by atoms with E-state index in [4.69, 9.17) is 10.5 Å². The van der Waals surface area contributed by atoms with E-state index in [0.29, 0.717) is 5.82 Å². The summed E-state index contributed by atoms with van der Waals surface area (Å²) < 4.78 is 5.05. The number of aromatic nitrogens is 2. The monoisotopic (exact) mass is 281 g/mol. The Balaban J connectivity index is 2.59. The van der Waals surface area contributed by atoms with E-state index in [9.17, 15) is 0 Å². The molecule has 0 aliphatic heterocycles. The van der Waals surface area contributed by atoms with Crippen molar-refractivity contribution >= 4 is 11.6 Å². The smallest absolute Gasteiger partial charge is 0.135 e. The standard InChI is InChI=1S/C14H27N5O/c1-10(2)13-17-12(15)11(3)14(18-13)16-6-7-19(4)8-9-20-5/h10H,6-9H2,1-5H3,(H3,15,16,17,18). The van der Waals surface area contributed by atoms with Crippen LogP contribution in [0.5, 0.6) is 0 Å². The number of ether oxygens (including phenoxy) is 1. The van der Waals surface area contributed by atoms with Gasteiger partial charge in [-0.05, 0) is 14.0 Å². The maximum atomic E-state index is 5.94. The molecule has 1 aromatic rings. The number of nitrogens with zero attached hydrogens (tertiary/aromatic N) is 3. The first-order chi connectivity index (χ1) is 9.45. The van der Waals surface area contributed by atoms with Crippen molar-refractivity contribution in [2.45, 2.75) is 26.7 Å². The number of nitrogen functional groups attached to an aromatic ring is 1. The van der Waals surface area contributed by atoms with Crippen LogP contribution in [-0.4, -0.2) is 55.3 Å². The zero-order chi connectivity index (χ0) is 15.1. The number of anilines is 2. The summed E-state index contributed by atoms with van der Waals surface area (Å²) in [5.41, 5.74) is 6.85. The normalized spacial score (nSPS) is 11.3. The molecule has 6 heteroatoms. The largest absolute Gasteiger partial charge is 0.383 e. The Morgan fingerprint density at radius 1 is 1.30 bits per heavy atom. The second-order valence-corrected chi connectivity index (χ2v) is 5.32. The van der Waals surface area contributed by atoms with Crippen molar-refractivity contribution in [2.24, 2.45) is 0 Å². The molecule has 114 valence electrons. The van der Waals surface area contributed by atoms with Gasteiger partial charge in [-0.25, -0.2) is 9.97 Å². The highest BCUT2D eigenvalue weighted by Crippen LogP contribution is 2.20. The molecule has 0 amide bonds. The Bertz CT molecular complexity index is 422. The van der Waals surface area contributed by atoms with Gasteiger partial charge in [0.25, 0.3) is 0 Å². The molecule has 0 saturated heterocycles. The maximum absolute atomic E-state index is 5.94. The van der Waals surface area contributed by atoms with E-state index in [1.807, 2.05) is 6.92 Å². The number of methoxy groups -OCH3 is 1. The van der Waals surface area contributed by atoms with Crippen molar-refractivity contribution in [3.05, 3.63) is 11.4 Å². The highest BCUT2D eigenvalue weighted by molar-refractivity contribution is 5.54. The zero-order valence-corrected chi connectivity index (χ0v) is 13.2. The third-order valence-electron chi connectivity index (χ3n) is 3.18. The molecule has 1 rings (SSSR count). The first-order valence-electron chi connectivity index (χ1n) is 7.01. The minimum atomic E-state index is 0.267. The molecule has 0 aliphatic carbocycles. The molecule has 0 spiro atoms. The van der Waals surface area contributed by atoms with E-state index < -0.39 is 0 Å². The lowest BCUT2D eigenvalue weighted by Crippen LogP contribution is -2.28. The predicted molar refractivity (Wildman–Crippen MR) is 83.1 cm³/mol. The molecule has 0 saturated carbocycles. The number of rotatable bonds is 8. The summed E-state index contributed by atoms with van der Waals surface area (Å²) >= 11 is 0. The molecule has 0 radical (unpaired) electrons. The fraction of sp³-hybridized carbons (Fsp3) is 0.714. The SMILES string of the molecule is COCCN(C)CCNc1nc(C(C)C)nc(N)c1C. The zero-order valence-electron chi connectivity index (χ0n) is 13.2. The number of hydrogen-bond acceptors (Lipinski definition) is 6. The molecule has 0 aromatic carbocycles. The van der Waals surface area contributed by atoms with Crippen LogP contribution in [0.4, 0.5) is 11.6 Å². The summed E-state index contributed by atoms with van der Waals surface area (Å²) in [7, 11) is 3.79. The summed E-state index contributed by atoms with van der Waals surface area (Å²) in [4.78, 5) is 11.1. The molecule has 0 bridgehead atoms. The summed E-state index contributed by atoms with van der Waals surface area (Å²) in [6.45, 7) is 9.46. The van der Waals surface area contributed by atoms with Crippen molar-refractivity contribution in [3.63, 3.8) is 0 Å². The molecular formula is C14H27N5O. The van der Waals surface area contributed by atoms with Gasteiger partial charge < -0.3 is 20.7 Å². The summed E-state index contributed by atoms with van der Waals surface area (Å²) in [6.07, 6.45) is 0. The van der Waals surface area contributed by atoms with Crippen LogP contribution in [0.2, 0.25) is 0 Å². The summed E-state index contributed by atoms with van der Waals surface area (Å²) in [5, 5.41) is 3.34. The van der Waals surface area contributed by atoms with Gasteiger partial charge in [0, 0.05) is 38.2 Å². The van der Waals surface area contributed by atoms with E-state index in [2.05, 4.69) is 41.1 Å². The molecule has 0 fully saturated rings. The van der Waals surface area contributed by atoms with E-state index in [1.165, 1.54) is 0 Å². The van der Waals surface area contributed by atoms with Crippen LogP contribution in [0.1, 0.15) is 31.2 Å². The average Bonchev–Trinajstić information content (AvgIpc) is 2.40. The first-order valence-corrected chi connectivity index (χ1v) is 7.01. The fourth-order valence-corrected chi connectivity index (χ4v) is 1.71. The quantitative estimate of drug-likeness (QED) is 0.751. The van der Waals surface area contributed by atoms with Crippen LogP contribution >= 0.6 is 0 Å². The number of nitrogens with one attached hydrogen (secondary N) is 1. The predicted octanol–water partition coefficient (Wildman–Crippen LogP) is 1.48. The van der Waals surface area contributed by atoms with Crippen molar-refractivity contribution in [1.29, 1.82) is 0 Å². The molecule has 6 nitrogen and oxygen atoms in total. The topological polar surface area (TPSA) is 76.3 Å². The lowest BCUT2D eigenvalue weighted by atomic mass is 10.2. The first kappa shape index (κ1) is 16.7. The molecular weight excluding hydrogens is 254 g/mol. The van der Waals surface area contributed by atoms with Crippen LogP contribution in [0.25, 0.3) is 0 Å². The van der Waals surface area contributed by atoms with Gasteiger partial charge in [-0.3, -0.25) is 0 Å². The average molecular weight is 281 g/mol. The van der Waals surface area contributed by atoms with E-state index in [0.717, 1.165) is 43.4 Å². The van der Waals surface area contributed by atoms with Gasteiger partial charge in [0.1, 0.15) is 17.5 Å². The number of likely N-dealkylation sites (N-methyl/N-ethyl adjacent to an activating group) is 1. The van der Waals surface area contributed by atoms with E-state index in [1.54, 1.807) is 7.11 Å². The van der Waals surface area contributed by atoms with E-state index in [-0.39, 0.29) is 5.92 Å². The Kier molecular flexibility index (Phi) is 6.67. The Morgan fingerprint density at radius 3 is 2.60 bits per heavy atom. The third-order valence-corrected chi connectivity index (χ3v) is 3.18. The fourth-order valence-electron chi connectivity index (χ4n) is 1.71. The Hall–Kier alpha value is -1.40. The molecule has 1 aromatic heterocycles. The van der Waals surface area contributed by atoms with Crippen LogP contribution in [0.3, 0.4) is 0 Å². The highest BCUT2D eigenvalue weighted by Gasteiger charge is 2.11. The highest BCUT2D eigenvalue weighted by atomic mass is 16.5. The molecule has 20 heavy (non-hydrogen) atoms. The lowest BCUT2D eigenvalue weighted by Gasteiger charge is -2.18. The van der Waals surface area contributed by atoms with Crippen molar-refractivity contribution < 1.29 is 4.74 Å². The Labute approximate surface area is 121 Å². The van der Waals surface area contributed by atoms with Gasteiger partial charge in [-0.15, -0.1) is 0 Å². The second kappa shape index (κ2) is 8.01. The molecule has 3 N–H and O–H groups in total. The lowest BCUT2D eigenvalue weighted by molar-refractivity contribution is 0.163. The van der Waals surface area contributed by atoms with Crippen molar-refractivity contribution in [2.75, 3.05) is 51.4 Å². The van der Waals surface area contributed by atoms with Gasteiger partial charge in [0.15, 0.2) is 0 Å². The van der Waals surface area contributed by atoms with Crippen LogP contribution in [-0.2, 0) is 4.74 Å². The summed E-state index contributed by atoms with van der Waals surface area (Å²) in [5.74, 6) is 2.44. The molecule has 0 aliphatic rings. The van der Waals surface area contributed by atoms with E-state index >= 15 is 0 Å². The summed E-state index contributed by atoms with van der Waals surface area (Å²) in [6, 6.07) is 0. The van der Waals surface area contributed by atoms with Crippen molar-refractivity contribution in [3.8, 4) is 0 Å². The van der Waals surface area contributed by atoms with Gasteiger partial charge in [0.2, 0.25) is 0 Å². The van der Waals surface area contributed by atoms with Gasteiger partial charge in [0.05, 0.1) is 6.61 Å². The van der Waals surface area contributed by atoms with Gasteiger partial charge in [-0.1, -0.05) is 13.8 Å². The minimum Gasteiger partial charge on any atom is -0.383 e. The molecule has 1 heterocycles. The Morgan fingerprint density at radius 2 is 2.00 bits per heavy atom. The third kappa shape index (κ3) is 4.94. The van der Waals surface area contributed by atoms with Crippen LogP contribution in [0, 0.1) is 6.92 Å². The molecule has 0 unspecified atom stereocenters. The molecule has 0 atom stereocenters. The van der Waals surface area contributed by atoms with Crippen LogP contribution in [0.15, 0.2) is 0 Å². The van der Waals surface area contributed by atoms with Crippen LogP contribution < -0.4 is 11.1 Å². The van der Waals surface area contributed by atoms with Gasteiger partial charge >= 0.3 is 0 Å². The number of nitrogens with two attached hydrogens (primary N) is 1. The maximum Gasteiger partial charge on any atom is 0.135 e. The second-order valence-electron chi connectivity index (χ2n) is 5.32. The minimum absolute atomic E-state index is 0.267. The van der Waals surface area contributed by atoms with Gasteiger partial charge in [-0.2, -0.15) is 0 Å².